The number of rotatable bonds is 8. The van der Waals surface area contributed by atoms with Crippen molar-refractivity contribution in [3.8, 4) is 0 Å². The first-order valence-electron chi connectivity index (χ1n) is 9.53. The van der Waals surface area contributed by atoms with Gasteiger partial charge in [0.1, 0.15) is 0 Å². The Kier molecular flexibility index (Phi) is 8.41. The van der Waals surface area contributed by atoms with Gasteiger partial charge >= 0.3 is 6.03 Å². The standard InChI is InChI=1S/C20H31N3O3/c1-3-4-12-22-20(25)23-15-17(19(24)21-13-14-26-2)10-11-18(23)16-8-6-5-7-9-16/h5-9,17-18H,3-4,10-15H2,1-2H3,(H,21,24)(H,22,25). The summed E-state index contributed by atoms with van der Waals surface area (Å²) < 4.78 is 4.98. The summed E-state index contributed by atoms with van der Waals surface area (Å²) in [6.45, 7) is 4.19. The van der Waals surface area contributed by atoms with Gasteiger partial charge in [-0.3, -0.25) is 4.79 Å². The van der Waals surface area contributed by atoms with Crippen molar-refractivity contribution in [2.24, 2.45) is 5.92 Å². The predicted molar refractivity (Wildman–Crippen MR) is 102 cm³/mol. The van der Waals surface area contributed by atoms with E-state index in [1.54, 1.807) is 7.11 Å². The zero-order valence-corrected chi connectivity index (χ0v) is 15.9. The summed E-state index contributed by atoms with van der Waals surface area (Å²) in [7, 11) is 1.61. The fraction of sp³-hybridized carbons (Fsp3) is 0.600. The molecule has 0 bridgehead atoms. The molecule has 6 nitrogen and oxygen atoms in total. The van der Waals surface area contributed by atoms with E-state index in [4.69, 9.17) is 4.74 Å². The van der Waals surface area contributed by atoms with Gasteiger partial charge in [-0.25, -0.2) is 4.79 Å². The molecule has 1 fully saturated rings. The first-order chi connectivity index (χ1) is 12.7. The molecule has 144 valence electrons. The highest BCUT2D eigenvalue weighted by atomic mass is 16.5. The molecule has 1 saturated heterocycles. The van der Waals surface area contributed by atoms with Gasteiger partial charge in [-0.15, -0.1) is 0 Å². The van der Waals surface area contributed by atoms with Gasteiger partial charge in [-0.2, -0.15) is 0 Å². The molecule has 6 heteroatoms. The maximum atomic E-state index is 12.7. The molecule has 0 aliphatic carbocycles. The highest BCUT2D eigenvalue weighted by Crippen LogP contribution is 2.33. The molecule has 2 atom stereocenters. The van der Waals surface area contributed by atoms with Crippen molar-refractivity contribution in [2.45, 2.75) is 38.6 Å². The fourth-order valence-electron chi connectivity index (χ4n) is 3.33. The Bertz CT molecular complexity index is 565. The Hall–Kier alpha value is -2.08. The van der Waals surface area contributed by atoms with E-state index in [2.05, 4.69) is 29.7 Å². The van der Waals surface area contributed by atoms with E-state index in [1.807, 2.05) is 23.1 Å². The maximum absolute atomic E-state index is 12.7. The van der Waals surface area contributed by atoms with Crippen LogP contribution in [0.15, 0.2) is 30.3 Å². The summed E-state index contributed by atoms with van der Waals surface area (Å²) in [5.41, 5.74) is 1.12. The average molecular weight is 361 g/mol. The van der Waals surface area contributed by atoms with E-state index < -0.39 is 0 Å². The molecule has 1 heterocycles. The number of methoxy groups -OCH3 is 1. The van der Waals surface area contributed by atoms with Gasteiger partial charge in [-0.05, 0) is 24.8 Å². The minimum Gasteiger partial charge on any atom is -0.383 e. The second kappa shape index (κ2) is 10.8. The molecular formula is C20H31N3O3. The molecule has 0 radical (unpaired) electrons. The van der Waals surface area contributed by atoms with Gasteiger partial charge < -0.3 is 20.3 Å². The van der Waals surface area contributed by atoms with Crippen LogP contribution >= 0.6 is 0 Å². The van der Waals surface area contributed by atoms with Crippen molar-refractivity contribution in [3.63, 3.8) is 0 Å². The number of carbonyl (C=O) groups is 2. The Morgan fingerprint density at radius 2 is 1.92 bits per heavy atom. The smallest absolute Gasteiger partial charge is 0.317 e. The van der Waals surface area contributed by atoms with Gasteiger partial charge in [0.05, 0.1) is 18.6 Å². The Morgan fingerprint density at radius 1 is 1.15 bits per heavy atom. The number of nitrogens with zero attached hydrogens (tertiary/aromatic N) is 1. The molecule has 1 aromatic carbocycles. The second-order valence-corrected chi connectivity index (χ2v) is 6.72. The maximum Gasteiger partial charge on any atom is 0.317 e. The summed E-state index contributed by atoms with van der Waals surface area (Å²) in [5.74, 6) is -0.177. The summed E-state index contributed by atoms with van der Waals surface area (Å²) in [4.78, 5) is 27.0. The number of ether oxygens (including phenoxy) is 1. The lowest BCUT2D eigenvalue weighted by Gasteiger charge is -2.39. The van der Waals surface area contributed by atoms with Gasteiger partial charge in [0.25, 0.3) is 0 Å². The van der Waals surface area contributed by atoms with Crippen molar-refractivity contribution in [2.75, 3.05) is 33.4 Å². The number of benzene rings is 1. The van der Waals surface area contributed by atoms with E-state index in [0.717, 1.165) is 31.2 Å². The van der Waals surface area contributed by atoms with Crippen LogP contribution in [0.25, 0.3) is 0 Å². The summed E-state index contributed by atoms with van der Waals surface area (Å²) >= 11 is 0. The number of piperidine rings is 1. The molecule has 1 aliphatic rings. The first kappa shape index (κ1) is 20.2. The number of nitrogens with one attached hydrogen (secondary N) is 2. The van der Waals surface area contributed by atoms with Crippen molar-refractivity contribution in [3.05, 3.63) is 35.9 Å². The molecule has 1 aliphatic heterocycles. The summed E-state index contributed by atoms with van der Waals surface area (Å²) in [6, 6.07) is 10.00. The lowest BCUT2D eigenvalue weighted by molar-refractivity contribution is -0.127. The lowest BCUT2D eigenvalue weighted by atomic mass is 9.88. The third-order valence-electron chi connectivity index (χ3n) is 4.81. The van der Waals surface area contributed by atoms with Crippen LogP contribution < -0.4 is 10.6 Å². The number of unbranched alkanes of at least 4 members (excludes halogenated alkanes) is 1. The van der Waals surface area contributed by atoms with E-state index in [1.165, 1.54) is 0 Å². The largest absolute Gasteiger partial charge is 0.383 e. The number of likely N-dealkylation sites (tertiary alicyclic amines) is 1. The molecule has 2 rings (SSSR count). The molecule has 0 saturated carbocycles. The molecule has 3 amide bonds. The zero-order valence-electron chi connectivity index (χ0n) is 15.9. The summed E-state index contributed by atoms with van der Waals surface area (Å²) in [5, 5.41) is 5.90. The van der Waals surface area contributed by atoms with Crippen LogP contribution in [0.5, 0.6) is 0 Å². The van der Waals surface area contributed by atoms with Gasteiger partial charge in [0.2, 0.25) is 5.91 Å². The van der Waals surface area contributed by atoms with Crippen molar-refractivity contribution >= 4 is 11.9 Å². The van der Waals surface area contributed by atoms with Gasteiger partial charge in [0, 0.05) is 26.7 Å². The van der Waals surface area contributed by atoms with Gasteiger partial charge in [-0.1, -0.05) is 43.7 Å². The zero-order chi connectivity index (χ0) is 18.8. The normalized spacial score (nSPS) is 19.8. The highest BCUT2D eigenvalue weighted by Gasteiger charge is 2.35. The predicted octanol–water partition coefficient (Wildman–Crippen LogP) is 2.71. The minimum atomic E-state index is -0.177. The molecule has 2 N–H and O–H groups in total. The van der Waals surface area contributed by atoms with Crippen molar-refractivity contribution in [1.82, 2.24) is 15.5 Å². The second-order valence-electron chi connectivity index (χ2n) is 6.72. The minimum absolute atomic E-state index is 0.0000742. The number of urea groups is 1. The van der Waals surface area contributed by atoms with Crippen molar-refractivity contribution in [1.29, 1.82) is 0 Å². The fourth-order valence-corrected chi connectivity index (χ4v) is 3.33. The summed E-state index contributed by atoms with van der Waals surface area (Å²) in [6.07, 6.45) is 3.55. The third-order valence-corrected chi connectivity index (χ3v) is 4.81. The van der Waals surface area contributed by atoms with Crippen LogP contribution in [0.2, 0.25) is 0 Å². The Morgan fingerprint density at radius 3 is 2.62 bits per heavy atom. The monoisotopic (exact) mass is 361 g/mol. The Labute approximate surface area is 156 Å². The number of carbonyl (C=O) groups excluding carboxylic acids is 2. The molecular weight excluding hydrogens is 330 g/mol. The molecule has 2 unspecified atom stereocenters. The van der Waals surface area contributed by atoms with Crippen LogP contribution in [0, 0.1) is 5.92 Å². The number of hydrogen-bond acceptors (Lipinski definition) is 3. The van der Waals surface area contributed by atoms with E-state index in [-0.39, 0.29) is 23.9 Å². The van der Waals surface area contributed by atoms with Crippen LogP contribution in [0.4, 0.5) is 4.79 Å². The Balaban J connectivity index is 2.05. The van der Waals surface area contributed by atoms with Gasteiger partial charge in [0.15, 0.2) is 0 Å². The molecule has 0 aromatic heterocycles. The highest BCUT2D eigenvalue weighted by molar-refractivity contribution is 5.81. The van der Waals surface area contributed by atoms with Crippen molar-refractivity contribution < 1.29 is 14.3 Å². The molecule has 0 spiro atoms. The molecule has 1 aromatic rings. The van der Waals surface area contributed by atoms with E-state index in [9.17, 15) is 9.59 Å². The number of hydrogen-bond donors (Lipinski definition) is 2. The number of amides is 3. The van der Waals surface area contributed by atoms with E-state index in [0.29, 0.717) is 26.2 Å². The van der Waals surface area contributed by atoms with Crippen LogP contribution in [0.1, 0.15) is 44.2 Å². The first-order valence-corrected chi connectivity index (χ1v) is 9.53. The lowest BCUT2D eigenvalue weighted by Crippen LogP contribution is -2.50. The third kappa shape index (κ3) is 5.73. The molecule has 26 heavy (non-hydrogen) atoms. The van der Waals surface area contributed by atoms with Crippen LogP contribution in [-0.4, -0.2) is 50.2 Å². The topological polar surface area (TPSA) is 70.7 Å². The quantitative estimate of drug-likeness (QED) is 0.700. The van der Waals surface area contributed by atoms with E-state index >= 15 is 0 Å². The van der Waals surface area contributed by atoms with Crippen LogP contribution in [-0.2, 0) is 9.53 Å². The van der Waals surface area contributed by atoms with Crippen LogP contribution in [0.3, 0.4) is 0 Å². The SMILES string of the molecule is CCCCNC(=O)N1CC(C(=O)NCCOC)CCC1c1ccccc1. The average Bonchev–Trinajstić information content (AvgIpc) is 2.68.